The molecule has 0 N–H and O–H groups in total. The van der Waals surface area contributed by atoms with Gasteiger partial charge in [0.2, 0.25) is 5.78 Å². The van der Waals surface area contributed by atoms with Crippen LogP contribution >= 0.6 is 0 Å². The number of aryl methyl sites for hydroxylation is 1. The molecule has 0 unspecified atom stereocenters. The zero-order valence-electron chi connectivity index (χ0n) is 20.4. The van der Waals surface area contributed by atoms with E-state index in [0.29, 0.717) is 12.1 Å². The second-order valence-corrected chi connectivity index (χ2v) is 10.5. The van der Waals surface area contributed by atoms with Crippen LogP contribution in [-0.2, 0) is 17.4 Å². The Kier molecular flexibility index (Phi) is 5.77. The van der Waals surface area contributed by atoms with Crippen LogP contribution in [-0.4, -0.2) is 28.6 Å². The van der Waals surface area contributed by atoms with Crippen molar-refractivity contribution >= 4 is 11.7 Å². The Balaban J connectivity index is 1.60. The van der Waals surface area contributed by atoms with Crippen LogP contribution in [0.3, 0.4) is 0 Å². The lowest BCUT2D eigenvalue weighted by Gasteiger charge is -2.42. The maximum Gasteiger partial charge on any atom is 0.289 e. The molecule has 1 aromatic carbocycles. The van der Waals surface area contributed by atoms with Crippen molar-refractivity contribution in [1.82, 2.24) is 9.88 Å². The summed E-state index contributed by atoms with van der Waals surface area (Å²) >= 11 is 0. The minimum atomic E-state index is -0.275. The number of aromatic nitrogens is 1. The van der Waals surface area contributed by atoms with Gasteiger partial charge in [0.05, 0.1) is 0 Å². The Bertz CT molecular complexity index is 1210. The number of fused-ring (bicyclic) bond motifs is 1. The number of hydrogen-bond acceptors (Lipinski definition) is 4. The summed E-state index contributed by atoms with van der Waals surface area (Å²) in [5.74, 6) is -0.128. The first-order valence-electron chi connectivity index (χ1n) is 11.4. The molecule has 4 rings (SSSR count). The summed E-state index contributed by atoms with van der Waals surface area (Å²) in [7, 11) is 1.71. The van der Waals surface area contributed by atoms with Gasteiger partial charge in [-0.3, -0.25) is 14.6 Å². The molecule has 2 aromatic heterocycles. The van der Waals surface area contributed by atoms with E-state index >= 15 is 0 Å². The summed E-state index contributed by atoms with van der Waals surface area (Å²) in [6.45, 7) is 11.4. The predicted molar refractivity (Wildman–Crippen MR) is 129 cm³/mol. The molecular formula is C28H32N2O3. The smallest absolute Gasteiger partial charge is 0.289 e. The van der Waals surface area contributed by atoms with E-state index in [1.54, 1.807) is 36.5 Å². The first-order chi connectivity index (χ1) is 15.5. The molecule has 0 saturated carbocycles. The lowest BCUT2D eigenvalue weighted by Crippen LogP contribution is -2.34. The van der Waals surface area contributed by atoms with E-state index in [1.165, 1.54) is 11.1 Å². The first kappa shape index (κ1) is 23.0. The highest BCUT2D eigenvalue weighted by atomic mass is 16.4. The summed E-state index contributed by atoms with van der Waals surface area (Å²) < 4.78 is 5.76. The van der Waals surface area contributed by atoms with Crippen LogP contribution in [0.2, 0.25) is 0 Å². The Hall–Kier alpha value is -3.21. The van der Waals surface area contributed by atoms with Crippen molar-refractivity contribution in [2.24, 2.45) is 0 Å². The first-order valence-corrected chi connectivity index (χ1v) is 11.4. The third kappa shape index (κ3) is 4.37. The zero-order valence-corrected chi connectivity index (χ0v) is 20.4. The monoisotopic (exact) mass is 444 g/mol. The molecule has 0 atom stereocenters. The Morgan fingerprint density at radius 3 is 2.27 bits per heavy atom. The molecule has 172 valence electrons. The van der Waals surface area contributed by atoms with E-state index in [2.05, 4.69) is 38.7 Å². The van der Waals surface area contributed by atoms with Gasteiger partial charge in [0.15, 0.2) is 11.5 Å². The third-order valence-corrected chi connectivity index (χ3v) is 6.97. The van der Waals surface area contributed by atoms with Crippen molar-refractivity contribution in [1.29, 1.82) is 0 Å². The number of carbonyl (C=O) groups is 2. The standard InChI is InChI=1S/C28H32N2O3/c1-18-14-21-22(28(4,5)12-11-27(21,2)3)15-20(18)25(31)23-9-10-24(33-23)26(32)30(6)17-19-8-7-13-29-16-19/h7-10,13-16H,11-12,17H2,1-6H3. The number of hydrogen-bond donors (Lipinski definition) is 0. The van der Waals surface area contributed by atoms with Crippen molar-refractivity contribution in [3.05, 3.63) is 88.1 Å². The van der Waals surface area contributed by atoms with Gasteiger partial charge >= 0.3 is 0 Å². The normalized spacial score (nSPS) is 16.2. The highest BCUT2D eigenvalue weighted by molar-refractivity contribution is 6.09. The average molecular weight is 445 g/mol. The molecule has 0 bridgehead atoms. The van der Waals surface area contributed by atoms with Crippen molar-refractivity contribution in [2.75, 3.05) is 7.05 Å². The SMILES string of the molecule is Cc1cc2c(cc1C(=O)c1ccc(C(=O)N(C)Cc3cccnc3)o1)C(C)(C)CCC2(C)C. The van der Waals surface area contributed by atoms with E-state index in [-0.39, 0.29) is 34.0 Å². The van der Waals surface area contributed by atoms with Crippen LogP contribution in [0.25, 0.3) is 0 Å². The van der Waals surface area contributed by atoms with Crippen LogP contribution in [0.15, 0.2) is 53.2 Å². The number of amides is 1. The van der Waals surface area contributed by atoms with Crippen LogP contribution < -0.4 is 0 Å². The zero-order chi connectivity index (χ0) is 24.0. The fourth-order valence-electron chi connectivity index (χ4n) is 4.70. The summed E-state index contributed by atoms with van der Waals surface area (Å²) in [4.78, 5) is 31.9. The molecule has 0 fully saturated rings. The van der Waals surface area contributed by atoms with Crippen molar-refractivity contribution in [3.63, 3.8) is 0 Å². The average Bonchev–Trinajstić information content (AvgIpc) is 3.27. The van der Waals surface area contributed by atoms with Gasteiger partial charge in [0.1, 0.15) is 0 Å². The Morgan fingerprint density at radius 2 is 1.64 bits per heavy atom. The molecule has 0 saturated heterocycles. The van der Waals surface area contributed by atoms with Crippen molar-refractivity contribution in [2.45, 2.75) is 64.8 Å². The molecule has 0 aliphatic heterocycles. The minimum absolute atomic E-state index is 0.00683. The fourth-order valence-corrected chi connectivity index (χ4v) is 4.70. The molecule has 3 aromatic rings. The number of rotatable bonds is 5. The van der Waals surface area contributed by atoms with Gasteiger partial charge in [0, 0.05) is 31.5 Å². The lowest BCUT2D eigenvalue weighted by molar-refractivity contribution is 0.0750. The summed E-state index contributed by atoms with van der Waals surface area (Å²) in [6, 6.07) is 11.1. The van der Waals surface area contributed by atoms with Crippen LogP contribution in [0.5, 0.6) is 0 Å². The number of furan rings is 1. The van der Waals surface area contributed by atoms with E-state index < -0.39 is 0 Å². The second kappa shape index (κ2) is 8.29. The largest absolute Gasteiger partial charge is 0.447 e. The summed E-state index contributed by atoms with van der Waals surface area (Å²) in [6.07, 6.45) is 5.62. The molecule has 5 heteroatoms. The maximum atomic E-state index is 13.4. The van der Waals surface area contributed by atoms with Gasteiger partial charge in [0.25, 0.3) is 5.91 Å². The molecule has 1 amide bonds. The quantitative estimate of drug-likeness (QED) is 0.464. The molecule has 0 spiro atoms. The van der Waals surface area contributed by atoms with Crippen molar-refractivity contribution < 1.29 is 14.0 Å². The molecule has 2 heterocycles. The van der Waals surface area contributed by atoms with Crippen LogP contribution in [0.1, 0.15) is 89.5 Å². The van der Waals surface area contributed by atoms with E-state index in [0.717, 1.165) is 24.0 Å². The van der Waals surface area contributed by atoms with Gasteiger partial charge in [-0.25, -0.2) is 0 Å². The third-order valence-electron chi connectivity index (χ3n) is 6.97. The van der Waals surface area contributed by atoms with E-state index in [4.69, 9.17) is 4.42 Å². The number of carbonyl (C=O) groups excluding carboxylic acids is 2. The molecular weight excluding hydrogens is 412 g/mol. The number of ketones is 1. The predicted octanol–water partition coefficient (Wildman–Crippen LogP) is 5.84. The number of pyridine rings is 1. The topological polar surface area (TPSA) is 63.4 Å². The van der Waals surface area contributed by atoms with Crippen LogP contribution in [0, 0.1) is 6.92 Å². The van der Waals surface area contributed by atoms with Crippen LogP contribution in [0.4, 0.5) is 0 Å². The van der Waals surface area contributed by atoms with E-state index in [1.807, 2.05) is 25.1 Å². The van der Waals surface area contributed by atoms with Gasteiger partial charge in [-0.1, -0.05) is 39.8 Å². The highest BCUT2D eigenvalue weighted by Crippen LogP contribution is 2.46. The lowest BCUT2D eigenvalue weighted by atomic mass is 9.62. The maximum absolute atomic E-state index is 13.4. The number of nitrogens with zero attached hydrogens (tertiary/aromatic N) is 2. The molecule has 1 aliphatic rings. The molecule has 33 heavy (non-hydrogen) atoms. The Labute approximate surface area is 195 Å². The van der Waals surface area contributed by atoms with Crippen molar-refractivity contribution in [3.8, 4) is 0 Å². The molecule has 0 radical (unpaired) electrons. The molecule has 5 nitrogen and oxygen atoms in total. The summed E-state index contributed by atoms with van der Waals surface area (Å²) in [5, 5.41) is 0. The van der Waals surface area contributed by atoms with Gasteiger partial charge in [-0.2, -0.15) is 0 Å². The minimum Gasteiger partial charge on any atom is -0.447 e. The van der Waals surface area contributed by atoms with Gasteiger partial charge in [-0.05, 0) is 77.1 Å². The summed E-state index contributed by atoms with van der Waals surface area (Å²) in [5.41, 5.74) is 5.13. The van der Waals surface area contributed by atoms with Gasteiger partial charge < -0.3 is 9.32 Å². The van der Waals surface area contributed by atoms with E-state index in [9.17, 15) is 9.59 Å². The second-order valence-electron chi connectivity index (χ2n) is 10.5. The fraction of sp³-hybridized carbons (Fsp3) is 0.393. The Morgan fingerprint density at radius 1 is 1.00 bits per heavy atom. The van der Waals surface area contributed by atoms with Gasteiger partial charge in [-0.15, -0.1) is 0 Å². The highest BCUT2D eigenvalue weighted by Gasteiger charge is 2.38. The molecule has 1 aliphatic carbocycles. The number of benzene rings is 1.